The standard InChI is InChI=1S/C18H14ClNO2/c19-14-6-7-16-15(11-14)17(21)20-18(16)13(8-9-22-18)10-12-4-2-1-3-5-12/h1-7,10-11H,8-9H2,(H,20,21)/b13-10+/t18-/m1/s1. The minimum absolute atomic E-state index is 0.140. The third kappa shape index (κ3) is 1.97. The summed E-state index contributed by atoms with van der Waals surface area (Å²) in [4.78, 5) is 12.3. The Morgan fingerprint density at radius 2 is 2.00 bits per heavy atom. The summed E-state index contributed by atoms with van der Waals surface area (Å²) in [5.74, 6) is -0.140. The van der Waals surface area contributed by atoms with Crippen LogP contribution in [0.25, 0.3) is 6.08 Å². The number of fused-ring (bicyclic) bond motifs is 2. The maximum Gasteiger partial charge on any atom is 0.254 e. The van der Waals surface area contributed by atoms with Gasteiger partial charge in [0.1, 0.15) is 0 Å². The molecule has 1 atom stereocenters. The highest BCUT2D eigenvalue weighted by Crippen LogP contribution is 2.45. The van der Waals surface area contributed by atoms with Gasteiger partial charge in [-0.15, -0.1) is 0 Å². The van der Waals surface area contributed by atoms with Crippen molar-refractivity contribution in [2.75, 3.05) is 6.61 Å². The summed E-state index contributed by atoms with van der Waals surface area (Å²) in [5, 5.41) is 3.56. The highest BCUT2D eigenvalue weighted by atomic mass is 35.5. The van der Waals surface area contributed by atoms with Crippen LogP contribution in [0, 0.1) is 0 Å². The van der Waals surface area contributed by atoms with E-state index in [9.17, 15) is 4.79 Å². The number of halogens is 1. The van der Waals surface area contributed by atoms with Crippen LogP contribution in [0.3, 0.4) is 0 Å². The van der Waals surface area contributed by atoms with Gasteiger partial charge < -0.3 is 10.1 Å². The first-order valence-corrected chi connectivity index (χ1v) is 7.59. The zero-order valence-electron chi connectivity index (χ0n) is 11.8. The molecular formula is C18H14ClNO2. The SMILES string of the molecule is O=C1N[C@]2(OCC/C2=C\c2ccccc2)c2ccc(Cl)cc21. The van der Waals surface area contributed by atoms with Crippen LogP contribution in [-0.2, 0) is 10.5 Å². The van der Waals surface area contributed by atoms with Gasteiger partial charge in [-0.2, -0.15) is 0 Å². The molecule has 0 unspecified atom stereocenters. The average molecular weight is 312 g/mol. The zero-order chi connectivity index (χ0) is 15.2. The second-order valence-corrected chi connectivity index (χ2v) is 5.94. The van der Waals surface area contributed by atoms with E-state index in [-0.39, 0.29) is 5.91 Å². The van der Waals surface area contributed by atoms with E-state index in [1.165, 1.54) is 0 Å². The number of hydrogen-bond acceptors (Lipinski definition) is 2. The van der Waals surface area contributed by atoms with E-state index in [1.807, 2.05) is 36.4 Å². The second-order valence-electron chi connectivity index (χ2n) is 5.50. The molecule has 1 saturated heterocycles. The average Bonchev–Trinajstić information content (AvgIpc) is 3.03. The molecule has 1 fully saturated rings. The van der Waals surface area contributed by atoms with E-state index in [4.69, 9.17) is 16.3 Å². The Balaban J connectivity index is 1.85. The summed E-state index contributed by atoms with van der Waals surface area (Å²) < 4.78 is 5.98. The molecule has 4 heteroatoms. The molecule has 110 valence electrons. The van der Waals surface area contributed by atoms with Gasteiger partial charge >= 0.3 is 0 Å². The Morgan fingerprint density at radius 1 is 1.18 bits per heavy atom. The first-order chi connectivity index (χ1) is 10.7. The highest BCUT2D eigenvalue weighted by molar-refractivity contribution is 6.31. The van der Waals surface area contributed by atoms with E-state index >= 15 is 0 Å². The normalized spacial score (nSPS) is 24.8. The summed E-state index contributed by atoms with van der Waals surface area (Å²) in [6.45, 7) is 0.584. The quantitative estimate of drug-likeness (QED) is 0.871. The zero-order valence-corrected chi connectivity index (χ0v) is 12.6. The number of carbonyl (C=O) groups excluding carboxylic acids is 1. The van der Waals surface area contributed by atoms with E-state index in [0.29, 0.717) is 17.2 Å². The molecule has 0 saturated carbocycles. The Labute approximate surface area is 133 Å². The number of amides is 1. The summed E-state index contributed by atoms with van der Waals surface area (Å²) >= 11 is 6.01. The Morgan fingerprint density at radius 3 is 2.82 bits per heavy atom. The molecule has 0 aromatic heterocycles. The minimum atomic E-state index is -0.840. The van der Waals surface area contributed by atoms with Gasteiger partial charge in [-0.05, 0) is 29.7 Å². The van der Waals surface area contributed by atoms with Crippen molar-refractivity contribution >= 4 is 23.6 Å². The third-order valence-electron chi connectivity index (χ3n) is 4.18. The summed E-state index contributed by atoms with van der Waals surface area (Å²) in [7, 11) is 0. The molecule has 2 aromatic carbocycles. The molecule has 2 heterocycles. The van der Waals surface area contributed by atoms with Crippen molar-refractivity contribution in [2.24, 2.45) is 0 Å². The number of rotatable bonds is 1. The van der Waals surface area contributed by atoms with Crippen molar-refractivity contribution in [3.8, 4) is 0 Å². The lowest BCUT2D eigenvalue weighted by Crippen LogP contribution is -2.39. The summed E-state index contributed by atoms with van der Waals surface area (Å²) in [6, 6.07) is 15.4. The van der Waals surface area contributed by atoms with Crippen LogP contribution in [0.2, 0.25) is 5.02 Å². The largest absolute Gasteiger partial charge is 0.347 e. The first-order valence-electron chi connectivity index (χ1n) is 7.22. The van der Waals surface area contributed by atoms with Gasteiger partial charge in [-0.1, -0.05) is 54.1 Å². The van der Waals surface area contributed by atoms with Crippen LogP contribution in [-0.4, -0.2) is 12.5 Å². The van der Waals surface area contributed by atoms with E-state index in [1.54, 1.807) is 12.1 Å². The van der Waals surface area contributed by atoms with E-state index < -0.39 is 5.72 Å². The molecule has 2 aliphatic rings. The fourth-order valence-electron chi connectivity index (χ4n) is 3.18. The molecule has 0 radical (unpaired) electrons. The van der Waals surface area contributed by atoms with Crippen molar-refractivity contribution in [3.63, 3.8) is 0 Å². The van der Waals surface area contributed by atoms with Crippen LogP contribution in [0.4, 0.5) is 0 Å². The van der Waals surface area contributed by atoms with Crippen LogP contribution in [0.5, 0.6) is 0 Å². The van der Waals surface area contributed by atoms with Gasteiger partial charge in [-0.3, -0.25) is 4.79 Å². The lowest BCUT2D eigenvalue weighted by atomic mass is 9.93. The molecule has 3 nitrogen and oxygen atoms in total. The van der Waals surface area contributed by atoms with Crippen molar-refractivity contribution < 1.29 is 9.53 Å². The van der Waals surface area contributed by atoms with Crippen molar-refractivity contribution in [1.82, 2.24) is 5.32 Å². The predicted molar refractivity (Wildman–Crippen MR) is 85.6 cm³/mol. The molecule has 0 aliphatic carbocycles. The van der Waals surface area contributed by atoms with Crippen molar-refractivity contribution in [3.05, 3.63) is 75.8 Å². The van der Waals surface area contributed by atoms with Crippen LogP contribution in [0.15, 0.2) is 54.1 Å². The smallest absolute Gasteiger partial charge is 0.254 e. The van der Waals surface area contributed by atoms with Gasteiger partial charge in [-0.25, -0.2) is 0 Å². The number of hydrogen-bond donors (Lipinski definition) is 1. The van der Waals surface area contributed by atoms with Crippen molar-refractivity contribution in [1.29, 1.82) is 0 Å². The number of benzene rings is 2. The molecule has 2 aromatic rings. The molecule has 2 aliphatic heterocycles. The van der Waals surface area contributed by atoms with Gasteiger partial charge in [0.2, 0.25) is 0 Å². The van der Waals surface area contributed by atoms with Gasteiger partial charge in [0.05, 0.1) is 6.61 Å². The fraction of sp³-hybridized carbons (Fsp3) is 0.167. The molecule has 1 spiro atoms. The molecule has 1 amide bonds. The van der Waals surface area contributed by atoms with Crippen molar-refractivity contribution in [2.45, 2.75) is 12.1 Å². The van der Waals surface area contributed by atoms with E-state index in [0.717, 1.165) is 23.1 Å². The third-order valence-corrected chi connectivity index (χ3v) is 4.41. The predicted octanol–water partition coefficient (Wildman–Crippen LogP) is 3.74. The lowest BCUT2D eigenvalue weighted by Gasteiger charge is -2.26. The van der Waals surface area contributed by atoms with E-state index in [2.05, 4.69) is 11.4 Å². The van der Waals surface area contributed by atoms with Gasteiger partial charge in [0, 0.05) is 16.1 Å². The number of carbonyl (C=O) groups is 1. The Hall–Kier alpha value is -2.10. The highest BCUT2D eigenvalue weighted by Gasteiger charge is 2.49. The molecule has 0 bridgehead atoms. The molecule has 1 N–H and O–H groups in total. The van der Waals surface area contributed by atoms with Crippen LogP contribution in [0.1, 0.15) is 27.9 Å². The molecule has 22 heavy (non-hydrogen) atoms. The maximum absolute atomic E-state index is 12.3. The number of nitrogens with one attached hydrogen (secondary N) is 1. The summed E-state index contributed by atoms with van der Waals surface area (Å²) in [5.41, 5.74) is 2.76. The molecule has 4 rings (SSSR count). The minimum Gasteiger partial charge on any atom is -0.347 e. The Kier molecular flexibility index (Phi) is 3.06. The Bertz CT molecular complexity index is 785. The monoisotopic (exact) mass is 311 g/mol. The topological polar surface area (TPSA) is 38.3 Å². The summed E-state index contributed by atoms with van der Waals surface area (Å²) in [6.07, 6.45) is 2.88. The fourth-order valence-corrected chi connectivity index (χ4v) is 3.35. The lowest BCUT2D eigenvalue weighted by molar-refractivity contribution is 0.00401. The second kappa shape index (κ2) is 4.97. The van der Waals surface area contributed by atoms with Crippen LogP contribution >= 0.6 is 11.6 Å². The van der Waals surface area contributed by atoms with Crippen LogP contribution < -0.4 is 5.32 Å². The van der Waals surface area contributed by atoms with Gasteiger partial charge in [0.25, 0.3) is 5.91 Å². The van der Waals surface area contributed by atoms with Gasteiger partial charge in [0.15, 0.2) is 5.72 Å². The molecular weight excluding hydrogens is 298 g/mol. The first kappa shape index (κ1) is 13.6. The maximum atomic E-state index is 12.3. The number of ether oxygens (including phenoxy) is 1.